The predicted octanol–water partition coefficient (Wildman–Crippen LogP) is 1.63. The Morgan fingerprint density at radius 3 is 2.69 bits per heavy atom. The van der Waals surface area contributed by atoms with Crippen molar-refractivity contribution in [2.45, 2.75) is 46.1 Å². The number of nitrogens with one attached hydrogen (secondary N) is 1. The highest BCUT2D eigenvalue weighted by Gasteiger charge is 2.20. The summed E-state index contributed by atoms with van der Waals surface area (Å²) in [7, 11) is 1.80. The number of H-pyrrole nitrogens is 1. The first kappa shape index (κ1) is 12.7. The first-order valence-electron chi connectivity index (χ1n) is 5.78. The zero-order chi connectivity index (χ0) is 12.1. The number of amides is 1. The van der Waals surface area contributed by atoms with Crippen LogP contribution in [-0.2, 0) is 6.42 Å². The van der Waals surface area contributed by atoms with Gasteiger partial charge < -0.3 is 4.90 Å². The van der Waals surface area contributed by atoms with Gasteiger partial charge >= 0.3 is 0 Å². The molecule has 0 bridgehead atoms. The summed E-state index contributed by atoms with van der Waals surface area (Å²) in [4.78, 5) is 17.8. The van der Waals surface area contributed by atoms with E-state index in [0.29, 0.717) is 0 Å². The van der Waals surface area contributed by atoms with Gasteiger partial charge in [0.2, 0.25) is 5.82 Å². The minimum absolute atomic E-state index is 0.114. The normalized spacial score (nSPS) is 12.5. The van der Waals surface area contributed by atoms with Gasteiger partial charge in [0, 0.05) is 19.5 Å². The van der Waals surface area contributed by atoms with Crippen LogP contribution >= 0.6 is 0 Å². The van der Waals surface area contributed by atoms with Crippen molar-refractivity contribution in [3.05, 3.63) is 11.6 Å². The van der Waals surface area contributed by atoms with Gasteiger partial charge in [-0.1, -0.05) is 20.3 Å². The maximum absolute atomic E-state index is 12.0. The number of carbonyl (C=O) groups is 1. The molecule has 0 saturated carbocycles. The third-order valence-corrected chi connectivity index (χ3v) is 2.75. The molecule has 1 atom stereocenters. The Morgan fingerprint density at radius 2 is 2.19 bits per heavy atom. The highest BCUT2D eigenvalue weighted by molar-refractivity contribution is 5.90. The quantitative estimate of drug-likeness (QED) is 0.826. The van der Waals surface area contributed by atoms with Crippen molar-refractivity contribution in [1.29, 1.82) is 0 Å². The van der Waals surface area contributed by atoms with Crippen LogP contribution in [0.15, 0.2) is 0 Å². The van der Waals surface area contributed by atoms with Crippen LogP contribution < -0.4 is 0 Å². The second kappa shape index (κ2) is 5.63. The molecule has 16 heavy (non-hydrogen) atoms. The fraction of sp³-hybridized carbons (Fsp3) is 0.727. The highest BCUT2D eigenvalue weighted by Crippen LogP contribution is 2.07. The van der Waals surface area contributed by atoms with E-state index in [9.17, 15) is 4.79 Å². The van der Waals surface area contributed by atoms with Crippen molar-refractivity contribution in [2.24, 2.45) is 0 Å². The lowest BCUT2D eigenvalue weighted by Gasteiger charge is -2.23. The molecule has 5 nitrogen and oxygen atoms in total. The van der Waals surface area contributed by atoms with E-state index in [1.54, 1.807) is 11.9 Å². The zero-order valence-corrected chi connectivity index (χ0v) is 10.4. The van der Waals surface area contributed by atoms with E-state index < -0.39 is 0 Å². The molecule has 1 unspecified atom stereocenters. The standard InChI is InChI=1S/C11H20N4O/c1-5-7-8(3)15(4)11(16)10-12-9(6-2)13-14-10/h8H,5-7H2,1-4H3,(H,12,13,14). The maximum atomic E-state index is 12.0. The van der Waals surface area contributed by atoms with Crippen molar-refractivity contribution >= 4 is 5.91 Å². The summed E-state index contributed by atoms with van der Waals surface area (Å²) >= 11 is 0. The lowest BCUT2D eigenvalue weighted by Crippen LogP contribution is -2.35. The molecule has 1 aromatic rings. The van der Waals surface area contributed by atoms with Gasteiger partial charge in [0.25, 0.3) is 5.91 Å². The topological polar surface area (TPSA) is 61.9 Å². The van der Waals surface area contributed by atoms with E-state index in [-0.39, 0.29) is 17.8 Å². The van der Waals surface area contributed by atoms with Crippen LogP contribution in [0.2, 0.25) is 0 Å². The van der Waals surface area contributed by atoms with Gasteiger partial charge in [-0.25, -0.2) is 4.98 Å². The number of carbonyl (C=O) groups excluding carboxylic acids is 1. The van der Waals surface area contributed by atoms with Crippen LogP contribution in [0.5, 0.6) is 0 Å². The molecule has 90 valence electrons. The second-order valence-corrected chi connectivity index (χ2v) is 4.01. The summed E-state index contributed by atoms with van der Waals surface area (Å²) in [5, 5.41) is 6.68. The summed E-state index contributed by atoms with van der Waals surface area (Å²) in [5.41, 5.74) is 0. The summed E-state index contributed by atoms with van der Waals surface area (Å²) < 4.78 is 0. The average molecular weight is 224 g/mol. The van der Waals surface area contributed by atoms with Crippen LogP contribution in [0.4, 0.5) is 0 Å². The van der Waals surface area contributed by atoms with E-state index in [0.717, 1.165) is 25.1 Å². The van der Waals surface area contributed by atoms with Crippen LogP contribution in [0.3, 0.4) is 0 Å². The number of nitrogens with zero attached hydrogens (tertiary/aromatic N) is 3. The third-order valence-electron chi connectivity index (χ3n) is 2.75. The molecule has 0 aliphatic heterocycles. The van der Waals surface area contributed by atoms with Crippen molar-refractivity contribution < 1.29 is 4.79 Å². The molecule has 1 aromatic heterocycles. The molecular weight excluding hydrogens is 204 g/mol. The van der Waals surface area contributed by atoms with E-state index in [2.05, 4.69) is 22.1 Å². The molecule has 0 spiro atoms. The highest BCUT2D eigenvalue weighted by atomic mass is 16.2. The van der Waals surface area contributed by atoms with Crippen LogP contribution in [0, 0.1) is 0 Å². The van der Waals surface area contributed by atoms with Crippen molar-refractivity contribution in [3.63, 3.8) is 0 Å². The van der Waals surface area contributed by atoms with Gasteiger partial charge in [0.15, 0.2) is 0 Å². The monoisotopic (exact) mass is 224 g/mol. The summed E-state index contributed by atoms with van der Waals surface area (Å²) in [6, 6.07) is 0.223. The van der Waals surface area contributed by atoms with Crippen molar-refractivity contribution in [3.8, 4) is 0 Å². The number of hydrogen-bond acceptors (Lipinski definition) is 3. The minimum Gasteiger partial charge on any atom is -0.336 e. The van der Waals surface area contributed by atoms with Crippen LogP contribution in [-0.4, -0.2) is 39.1 Å². The van der Waals surface area contributed by atoms with E-state index in [1.807, 2.05) is 13.8 Å². The first-order valence-corrected chi connectivity index (χ1v) is 5.78. The maximum Gasteiger partial charge on any atom is 0.293 e. The second-order valence-electron chi connectivity index (χ2n) is 4.01. The van der Waals surface area contributed by atoms with Crippen molar-refractivity contribution in [1.82, 2.24) is 20.1 Å². The number of hydrogen-bond donors (Lipinski definition) is 1. The number of aryl methyl sites for hydroxylation is 1. The molecule has 0 aliphatic carbocycles. The molecule has 1 amide bonds. The van der Waals surface area contributed by atoms with Gasteiger partial charge in [0.05, 0.1) is 0 Å². The molecule has 5 heteroatoms. The smallest absolute Gasteiger partial charge is 0.293 e. The van der Waals surface area contributed by atoms with E-state index >= 15 is 0 Å². The first-order chi connectivity index (χ1) is 7.60. The Morgan fingerprint density at radius 1 is 1.50 bits per heavy atom. The lowest BCUT2D eigenvalue weighted by atomic mass is 10.2. The fourth-order valence-electron chi connectivity index (χ4n) is 1.52. The largest absolute Gasteiger partial charge is 0.336 e. The molecule has 0 fully saturated rings. The predicted molar refractivity (Wildman–Crippen MR) is 62.2 cm³/mol. The number of rotatable bonds is 5. The van der Waals surface area contributed by atoms with E-state index in [1.165, 1.54) is 0 Å². The molecule has 0 radical (unpaired) electrons. The van der Waals surface area contributed by atoms with Crippen LogP contribution in [0.25, 0.3) is 0 Å². The van der Waals surface area contributed by atoms with Crippen LogP contribution in [0.1, 0.15) is 50.1 Å². The molecule has 0 saturated heterocycles. The van der Waals surface area contributed by atoms with Gasteiger partial charge in [-0.3, -0.25) is 9.89 Å². The van der Waals surface area contributed by atoms with Gasteiger partial charge in [-0.15, -0.1) is 5.10 Å². The minimum atomic E-state index is -0.114. The SMILES string of the molecule is CCCC(C)N(C)C(=O)c1n[nH]c(CC)n1. The number of aromatic amines is 1. The molecule has 1 N–H and O–H groups in total. The summed E-state index contributed by atoms with van der Waals surface area (Å²) in [6.07, 6.45) is 2.81. The Balaban J connectivity index is 2.69. The Labute approximate surface area is 96.3 Å². The Hall–Kier alpha value is -1.39. The number of aromatic nitrogens is 3. The molecule has 0 aliphatic rings. The molecular formula is C11H20N4O. The molecule has 1 heterocycles. The fourth-order valence-corrected chi connectivity index (χ4v) is 1.52. The third kappa shape index (κ3) is 2.81. The summed E-state index contributed by atoms with van der Waals surface area (Å²) in [5.74, 6) is 0.902. The Bertz CT molecular complexity index is 348. The van der Waals surface area contributed by atoms with Gasteiger partial charge in [-0.05, 0) is 13.3 Å². The average Bonchev–Trinajstić information content (AvgIpc) is 2.75. The van der Waals surface area contributed by atoms with Gasteiger partial charge in [-0.2, -0.15) is 0 Å². The van der Waals surface area contributed by atoms with Gasteiger partial charge in [0.1, 0.15) is 5.82 Å². The summed E-state index contributed by atoms with van der Waals surface area (Å²) in [6.45, 7) is 6.11. The molecule has 0 aromatic carbocycles. The van der Waals surface area contributed by atoms with Crippen molar-refractivity contribution in [2.75, 3.05) is 7.05 Å². The zero-order valence-electron chi connectivity index (χ0n) is 10.4. The van der Waals surface area contributed by atoms with E-state index in [4.69, 9.17) is 0 Å². The molecule has 1 rings (SSSR count). The Kier molecular flexibility index (Phi) is 4.46. The lowest BCUT2D eigenvalue weighted by molar-refractivity contribution is 0.0725.